The number of nitrogens with zero attached hydrogens (tertiary/aromatic N) is 1. The minimum atomic E-state index is -0.545. The molecule has 0 unspecified atom stereocenters. The van der Waals surface area contributed by atoms with Crippen molar-refractivity contribution in [2.24, 2.45) is 0 Å². The van der Waals surface area contributed by atoms with E-state index in [9.17, 15) is 15.2 Å². The fourth-order valence-corrected chi connectivity index (χ4v) is 2.96. The van der Waals surface area contributed by atoms with E-state index >= 15 is 0 Å². The largest absolute Gasteiger partial charge is 0.506 e. The summed E-state index contributed by atoms with van der Waals surface area (Å²) < 4.78 is 0.540. The second-order valence-electron chi connectivity index (χ2n) is 4.76. The molecule has 0 saturated heterocycles. The minimum absolute atomic E-state index is 0.0218. The van der Waals surface area contributed by atoms with E-state index < -0.39 is 5.91 Å². The summed E-state index contributed by atoms with van der Waals surface area (Å²) in [5.41, 5.74) is 1.71. The van der Waals surface area contributed by atoms with Crippen molar-refractivity contribution >= 4 is 51.9 Å². The molecule has 0 heterocycles. The van der Waals surface area contributed by atoms with E-state index in [-0.39, 0.29) is 11.3 Å². The number of para-hydroxylation sites is 1. The maximum absolute atomic E-state index is 12.3. The molecule has 0 aliphatic carbocycles. The zero-order chi connectivity index (χ0) is 17.0. The molecule has 2 aromatic rings. The SMILES string of the molecule is Cc1ccccc1NC(=O)/C(C#N)=C\c1cc(Cl)cc(I)c1O. The Hall–Kier alpha value is -2.04. The van der Waals surface area contributed by atoms with Crippen molar-refractivity contribution in [3.63, 3.8) is 0 Å². The lowest BCUT2D eigenvalue weighted by atomic mass is 10.1. The van der Waals surface area contributed by atoms with Crippen molar-refractivity contribution in [3.8, 4) is 11.8 Å². The Morgan fingerprint density at radius 2 is 2.09 bits per heavy atom. The highest BCUT2D eigenvalue weighted by Crippen LogP contribution is 2.30. The van der Waals surface area contributed by atoms with Gasteiger partial charge in [0.2, 0.25) is 0 Å². The molecule has 0 radical (unpaired) electrons. The molecule has 0 aliphatic rings. The topological polar surface area (TPSA) is 73.1 Å². The van der Waals surface area contributed by atoms with Gasteiger partial charge in [0, 0.05) is 16.3 Å². The molecular weight excluding hydrogens is 427 g/mol. The number of hydrogen-bond donors (Lipinski definition) is 2. The fraction of sp³-hybridized carbons (Fsp3) is 0.0588. The second-order valence-corrected chi connectivity index (χ2v) is 6.36. The first-order valence-corrected chi connectivity index (χ1v) is 8.05. The molecule has 116 valence electrons. The average Bonchev–Trinajstić information content (AvgIpc) is 2.51. The van der Waals surface area contributed by atoms with Gasteiger partial charge >= 0.3 is 0 Å². The molecule has 2 rings (SSSR count). The zero-order valence-electron chi connectivity index (χ0n) is 12.1. The highest BCUT2D eigenvalue weighted by Gasteiger charge is 2.13. The van der Waals surface area contributed by atoms with Crippen LogP contribution < -0.4 is 5.32 Å². The Labute approximate surface area is 152 Å². The molecule has 0 atom stereocenters. The van der Waals surface area contributed by atoms with Crippen LogP contribution in [0.4, 0.5) is 5.69 Å². The van der Waals surface area contributed by atoms with Crippen LogP contribution in [0.1, 0.15) is 11.1 Å². The highest BCUT2D eigenvalue weighted by molar-refractivity contribution is 14.1. The lowest BCUT2D eigenvalue weighted by molar-refractivity contribution is -0.112. The summed E-state index contributed by atoms with van der Waals surface area (Å²) in [5, 5.41) is 22.4. The molecule has 0 spiro atoms. The van der Waals surface area contributed by atoms with Crippen molar-refractivity contribution < 1.29 is 9.90 Å². The number of aromatic hydroxyl groups is 1. The lowest BCUT2D eigenvalue weighted by Gasteiger charge is -2.08. The minimum Gasteiger partial charge on any atom is -0.506 e. The summed E-state index contributed by atoms with van der Waals surface area (Å²) in [6.07, 6.45) is 1.32. The van der Waals surface area contributed by atoms with Gasteiger partial charge in [0.25, 0.3) is 5.91 Å². The number of phenols is 1. The molecule has 1 amide bonds. The Morgan fingerprint density at radius 3 is 2.74 bits per heavy atom. The van der Waals surface area contributed by atoms with Gasteiger partial charge < -0.3 is 10.4 Å². The van der Waals surface area contributed by atoms with Gasteiger partial charge in [0.15, 0.2) is 0 Å². The number of hydrogen-bond acceptors (Lipinski definition) is 3. The van der Waals surface area contributed by atoms with E-state index in [0.717, 1.165) is 5.56 Å². The maximum atomic E-state index is 12.3. The third kappa shape index (κ3) is 4.24. The smallest absolute Gasteiger partial charge is 0.266 e. The van der Waals surface area contributed by atoms with Crippen LogP contribution in [0.15, 0.2) is 42.0 Å². The predicted molar refractivity (Wildman–Crippen MR) is 99.2 cm³/mol. The summed E-state index contributed by atoms with van der Waals surface area (Å²) in [6.45, 7) is 1.86. The van der Waals surface area contributed by atoms with Crippen LogP contribution >= 0.6 is 34.2 Å². The maximum Gasteiger partial charge on any atom is 0.266 e. The summed E-state index contributed by atoms with van der Waals surface area (Å²) >= 11 is 7.88. The molecular formula is C17H12ClIN2O2. The molecule has 0 aliphatic heterocycles. The Morgan fingerprint density at radius 1 is 1.39 bits per heavy atom. The number of nitriles is 1. The van der Waals surface area contributed by atoms with E-state index in [4.69, 9.17) is 11.6 Å². The third-order valence-corrected chi connectivity index (χ3v) is 4.16. The van der Waals surface area contributed by atoms with Crippen LogP contribution in [0.5, 0.6) is 5.75 Å². The molecule has 23 heavy (non-hydrogen) atoms. The first-order valence-electron chi connectivity index (χ1n) is 6.59. The molecule has 0 saturated carbocycles. The second kappa shape index (κ2) is 7.49. The Balaban J connectivity index is 2.35. The van der Waals surface area contributed by atoms with Crippen LogP contribution in [0.2, 0.25) is 5.02 Å². The van der Waals surface area contributed by atoms with Gasteiger partial charge in [0.1, 0.15) is 17.4 Å². The van der Waals surface area contributed by atoms with Gasteiger partial charge in [-0.1, -0.05) is 29.8 Å². The highest BCUT2D eigenvalue weighted by atomic mass is 127. The van der Waals surface area contributed by atoms with Crippen LogP contribution in [-0.4, -0.2) is 11.0 Å². The van der Waals surface area contributed by atoms with E-state index in [1.807, 2.05) is 47.7 Å². The zero-order valence-corrected chi connectivity index (χ0v) is 15.0. The molecule has 0 aromatic heterocycles. The monoisotopic (exact) mass is 438 g/mol. The number of carbonyl (C=O) groups excluding carboxylic acids is 1. The molecule has 0 fully saturated rings. The fourth-order valence-electron chi connectivity index (χ4n) is 1.90. The Kier molecular flexibility index (Phi) is 5.64. The van der Waals surface area contributed by atoms with Crippen LogP contribution in [0, 0.1) is 21.8 Å². The van der Waals surface area contributed by atoms with Crippen LogP contribution in [0.25, 0.3) is 6.08 Å². The number of nitrogens with one attached hydrogen (secondary N) is 1. The van der Waals surface area contributed by atoms with Crippen LogP contribution in [-0.2, 0) is 4.79 Å². The normalized spacial score (nSPS) is 11.0. The number of amides is 1. The van der Waals surface area contributed by atoms with Crippen molar-refractivity contribution in [1.29, 1.82) is 5.26 Å². The van der Waals surface area contributed by atoms with E-state index in [1.165, 1.54) is 12.1 Å². The first-order chi connectivity index (χ1) is 10.9. The van der Waals surface area contributed by atoms with Gasteiger partial charge in [-0.15, -0.1) is 0 Å². The number of halogens is 2. The number of phenolic OH excluding ortho intramolecular Hbond substituents is 1. The van der Waals surface area contributed by atoms with E-state index in [0.29, 0.717) is 19.8 Å². The first kappa shape index (κ1) is 17.3. The quantitative estimate of drug-likeness (QED) is 0.421. The molecule has 6 heteroatoms. The number of anilines is 1. The molecule has 0 bridgehead atoms. The summed E-state index contributed by atoms with van der Waals surface area (Å²) in [5.74, 6) is -0.567. The van der Waals surface area contributed by atoms with Gasteiger partial charge in [-0.2, -0.15) is 5.26 Å². The van der Waals surface area contributed by atoms with Crippen LogP contribution in [0.3, 0.4) is 0 Å². The predicted octanol–water partition coefficient (Wildman–Crippen LogP) is 4.50. The van der Waals surface area contributed by atoms with E-state index in [1.54, 1.807) is 18.2 Å². The number of carbonyl (C=O) groups is 1. The molecule has 4 nitrogen and oxygen atoms in total. The van der Waals surface area contributed by atoms with Gasteiger partial charge in [-0.3, -0.25) is 4.79 Å². The van der Waals surface area contributed by atoms with Gasteiger partial charge in [-0.05, 0) is 59.4 Å². The summed E-state index contributed by atoms with van der Waals surface area (Å²) in [7, 11) is 0. The van der Waals surface area contributed by atoms with E-state index in [2.05, 4.69) is 5.32 Å². The third-order valence-electron chi connectivity index (χ3n) is 3.12. The van der Waals surface area contributed by atoms with Crippen molar-refractivity contribution in [3.05, 3.63) is 61.7 Å². The number of benzene rings is 2. The molecule has 2 aromatic carbocycles. The standard InChI is InChI=1S/C17H12ClIN2O2/c1-10-4-2-3-5-15(10)21-17(23)12(9-20)6-11-7-13(18)8-14(19)16(11)22/h2-8,22H,1H3,(H,21,23)/b12-6-. The summed E-state index contributed by atoms with van der Waals surface area (Å²) in [6, 6.07) is 12.2. The molecule has 2 N–H and O–H groups in total. The van der Waals surface area contributed by atoms with Crippen molar-refractivity contribution in [1.82, 2.24) is 0 Å². The average molecular weight is 439 g/mol. The lowest BCUT2D eigenvalue weighted by Crippen LogP contribution is -2.14. The van der Waals surface area contributed by atoms with Gasteiger partial charge in [-0.25, -0.2) is 0 Å². The Bertz CT molecular complexity index is 841. The number of rotatable bonds is 3. The van der Waals surface area contributed by atoms with Crippen molar-refractivity contribution in [2.45, 2.75) is 6.92 Å². The summed E-state index contributed by atoms with van der Waals surface area (Å²) in [4.78, 5) is 12.3. The number of aryl methyl sites for hydroxylation is 1. The van der Waals surface area contributed by atoms with Crippen molar-refractivity contribution in [2.75, 3.05) is 5.32 Å². The van der Waals surface area contributed by atoms with Gasteiger partial charge in [0.05, 0.1) is 3.57 Å².